The number of carbonyl (C=O) groups excluding carboxylic acids is 1. The number of benzene rings is 1. The van der Waals surface area contributed by atoms with Gasteiger partial charge in [0.25, 0.3) is 5.91 Å². The van der Waals surface area contributed by atoms with E-state index in [-0.39, 0.29) is 10.5 Å². The Kier molecular flexibility index (Phi) is 7.79. The van der Waals surface area contributed by atoms with E-state index >= 15 is 0 Å². The molecule has 1 aliphatic rings. The topological polar surface area (TPSA) is 104 Å². The predicted molar refractivity (Wildman–Crippen MR) is 102 cm³/mol. The Bertz CT molecular complexity index is 738. The summed E-state index contributed by atoms with van der Waals surface area (Å²) in [5.41, 5.74) is 0.243. The van der Waals surface area contributed by atoms with E-state index in [0.717, 1.165) is 32.1 Å². The van der Waals surface area contributed by atoms with Gasteiger partial charge in [0.1, 0.15) is 6.04 Å². The van der Waals surface area contributed by atoms with Crippen LogP contribution in [0.2, 0.25) is 0 Å². The monoisotopic (exact) mass is 396 g/mol. The van der Waals surface area contributed by atoms with Crippen molar-refractivity contribution in [2.45, 2.75) is 62.8 Å². The molecule has 2 rings (SSSR count). The second kappa shape index (κ2) is 9.85. The molecule has 0 bridgehead atoms. The van der Waals surface area contributed by atoms with Crippen molar-refractivity contribution in [3.05, 3.63) is 29.8 Å². The third-order valence-corrected chi connectivity index (χ3v) is 6.68. The third-order valence-electron chi connectivity index (χ3n) is 4.77. The van der Waals surface area contributed by atoms with E-state index in [4.69, 9.17) is 0 Å². The van der Waals surface area contributed by atoms with Crippen LogP contribution in [-0.2, 0) is 14.8 Å². The van der Waals surface area contributed by atoms with Gasteiger partial charge in [-0.05, 0) is 43.5 Å². The lowest BCUT2D eigenvalue weighted by Gasteiger charge is -2.20. The SMILES string of the molecule is CCCC[C@H](NC(=O)c1ccc(S(=O)(=O)N2CCCCCC2)cc1)C(=O)O. The van der Waals surface area contributed by atoms with Gasteiger partial charge in [-0.3, -0.25) is 4.79 Å². The molecule has 0 radical (unpaired) electrons. The summed E-state index contributed by atoms with van der Waals surface area (Å²) in [6, 6.07) is 4.74. The Morgan fingerprint density at radius 2 is 1.70 bits per heavy atom. The molecule has 0 aromatic heterocycles. The molecule has 1 aromatic carbocycles. The van der Waals surface area contributed by atoms with E-state index in [1.54, 1.807) is 0 Å². The van der Waals surface area contributed by atoms with Gasteiger partial charge in [0.05, 0.1) is 4.90 Å². The number of carboxylic acids is 1. The van der Waals surface area contributed by atoms with E-state index in [1.165, 1.54) is 28.6 Å². The van der Waals surface area contributed by atoms with Crippen LogP contribution in [0.25, 0.3) is 0 Å². The van der Waals surface area contributed by atoms with Crippen LogP contribution in [0.15, 0.2) is 29.2 Å². The Morgan fingerprint density at radius 1 is 1.11 bits per heavy atom. The highest BCUT2D eigenvalue weighted by atomic mass is 32.2. The zero-order valence-electron chi connectivity index (χ0n) is 15.7. The molecule has 1 aromatic rings. The molecule has 0 spiro atoms. The summed E-state index contributed by atoms with van der Waals surface area (Å²) in [6.45, 7) is 2.98. The van der Waals surface area contributed by atoms with Crippen LogP contribution >= 0.6 is 0 Å². The van der Waals surface area contributed by atoms with Crippen LogP contribution < -0.4 is 5.32 Å². The number of sulfonamides is 1. The molecule has 0 aliphatic carbocycles. The largest absolute Gasteiger partial charge is 0.480 e. The molecule has 1 heterocycles. The lowest BCUT2D eigenvalue weighted by molar-refractivity contribution is -0.139. The number of aliphatic carboxylic acids is 1. The molecule has 27 heavy (non-hydrogen) atoms. The molecule has 1 fully saturated rings. The first-order valence-corrected chi connectivity index (χ1v) is 10.9. The van der Waals surface area contributed by atoms with Crippen LogP contribution in [0, 0.1) is 0 Å². The molecule has 1 atom stereocenters. The zero-order chi connectivity index (χ0) is 19.9. The fourth-order valence-electron chi connectivity index (χ4n) is 3.12. The number of amides is 1. The van der Waals surface area contributed by atoms with Gasteiger partial charge in [0, 0.05) is 18.7 Å². The molecule has 0 unspecified atom stereocenters. The molecular formula is C19H28N2O5S. The minimum atomic E-state index is -3.57. The van der Waals surface area contributed by atoms with Crippen molar-refractivity contribution < 1.29 is 23.1 Å². The molecule has 8 heteroatoms. The van der Waals surface area contributed by atoms with Crippen LogP contribution in [0.5, 0.6) is 0 Å². The molecule has 1 saturated heterocycles. The highest BCUT2D eigenvalue weighted by Crippen LogP contribution is 2.20. The van der Waals surface area contributed by atoms with E-state index in [1.807, 2.05) is 6.92 Å². The van der Waals surface area contributed by atoms with Crippen molar-refractivity contribution in [3.63, 3.8) is 0 Å². The Labute approximate surface area is 160 Å². The zero-order valence-corrected chi connectivity index (χ0v) is 16.5. The van der Waals surface area contributed by atoms with Crippen molar-refractivity contribution in [3.8, 4) is 0 Å². The average molecular weight is 397 g/mol. The predicted octanol–water partition coefficient (Wildman–Crippen LogP) is 2.62. The van der Waals surface area contributed by atoms with Crippen LogP contribution in [-0.4, -0.2) is 48.8 Å². The molecule has 1 aliphatic heterocycles. The Balaban J connectivity index is 2.09. The fraction of sp³-hybridized carbons (Fsp3) is 0.579. The molecule has 1 amide bonds. The summed E-state index contributed by atoms with van der Waals surface area (Å²) in [6.07, 6.45) is 5.68. The van der Waals surface area contributed by atoms with E-state index in [9.17, 15) is 23.1 Å². The number of carbonyl (C=O) groups is 2. The van der Waals surface area contributed by atoms with Crippen molar-refractivity contribution in [2.24, 2.45) is 0 Å². The lowest BCUT2D eigenvalue weighted by Crippen LogP contribution is -2.40. The number of nitrogens with zero attached hydrogens (tertiary/aromatic N) is 1. The number of unbranched alkanes of at least 4 members (excludes halogenated alkanes) is 1. The van der Waals surface area contributed by atoms with Crippen LogP contribution in [0.3, 0.4) is 0 Å². The van der Waals surface area contributed by atoms with Crippen LogP contribution in [0.4, 0.5) is 0 Å². The smallest absolute Gasteiger partial charge is 0.326 e. The van der Waals surface area contributed by atoms with Gasteiger partial charge < -0.3 is 10.4 Å². The van der Waals surface area contributed by atoms with Crippen molar-refractivity contribution in [1.29, 1.82) is 0 Å². The first kappa shape index (κ1) is 21.4. The van der Waals surface area contributed by atoms with Gasteiger partial charge in [-0.2, -0.15) is 4.31 Å². The molecule has 7 nitrogen and oxygen atoms in total. The van der Waals surface area contributed by atoms with Gasteiger partial charge >= 0.3 is 5.97 Å². The second-order valence-corrected chi connectivity index (χ2v) is 8.79. The van der Waals surface area contributed by atoms with Gasteiger partial charge in [0.15, 0.2) is 0 Å². The van der Waals surface area contributed by atoms with E-state index < -0.39 is 27.9 Å². The van der Waals surface area contributed by atoms with Gasteiger partial charge in [-0.15, -0.1) is 0 Å². The minimum absolute atomic E-state index is 0.154. The minimum Gasteiger partial charge on any atom is -0.480 e. The second-order valence-electron chi connectivity index (χ2n) is 6.85. The number of nitrogens with one attached hydrogen (secondary N) is 1. The Hall–Kier alpha value is -1.93. The molecule has 150 valence electrons. The molecular weight excluding hydrogens is 368 g/mol. The number of hydrogen-bond donors (Lipinski definition) is 2. The van der Waals surface area contributed by atoms with Crippen molar-refractivity contribution in [1.82, 2.24) is 9.62 Å². The number of carboxylic acid groups (broad SMARTS) is 1. The first-order chi connectivity index (χ1) is 12.9. The summed E-state index contributed by atoms with van der Waals surface area (Å²) in [7, 11) is -3.57. The van der Waals surface area contributed by atoms with E-state index in [0.29, 0.717) is 25.9 Å². The normalized spacial score (nSPS) is 17.1. The maximum atomic E-state index is 12.8. The summed E-state index contributed by atoms with van der Waals surface area (Å²) in [4.78, 5) is 23.7. The number of hydrogen-bond acceptors (Lipinski definition) is 4. The standard InChI is InChI=1S/C19H28N2O5S/c1-2-3-8-17(19(23)24)20-18(22)15-9-11-16(12-10-15)27(25,26)21-13-6-4-5-7-14-21/h9-12,17H,2-8,13-14H2,1H3,(H,20,22)(H,23,24)/t17-/m0/s1. The fourth-order valence-corrected chi connectivity index (χ4v) is 4.63. The summed E-state index contributed by atoms with van der Waals surface area (Å²) in [5.74, 6) is -1.59. The average Bonchev–Trinajstić information content (AvgIpc) is 2.95. The Morgan fingerprint density at radius 3 is 2.22 bits per heavy atom. The van der Waals surface area contributed by atoms with Gasteiger partial charge in [-0.25, -0.2) is 13.2 Å². The van der Waals surface area contributed by atoms with Crippen molar-refractivity contribution >= 4 is 21.9 Å². The first-order valence-electron chi connectivity index (χ1n) is 9.50. The summed E-state index contributed by atoms with van der Waals surface area (Å²) >= 11 is 0. The summed E-state index contributed by atoms with van der Waals surface area (Å²) < 4.78 is 27.0. The van der Waals surface area contributed by atoms with Gasteiger partial charge in [0.2, 0.25) is 10.0 Å². The maximum absolute atomic E-state index is 12.8. The third kappa shape index (κ3) is 5.77. The van der Waals surface area contributed by atoms with Crippen LogP contribution in [0.1, 0.15) is 62.2 Å². The lowest BCUT2D eigenvalue weighted by atomic mass is 10.1. The highest BCUT2D eigenvalue weighted by molar-refractivity contribution is 7.89. The van der Waals surface area contributed by atoms with Crippen molar-refractivity contribution in [2.75, 3.05) is 13.1 Å². The summed E-state index contributed by atoms with van der Waals surface area (Å²) in [5, 5.41) is 11.7. The number of rotatable bonds is 8. The molecule has 0 saturated carbocycles. The quantitative estimate of drug-likeness (QED) is 0.703. The maximum Gasteiger partial charge on any atom is 0.326 e. The molecule has 2 N–H and O–H groups in total. The van der Waals surface area contributed by atoms with E-state index in [2.05, 4.69) is 5.32 Å². The van der Waals surface area contributed by atoms with Gasteiger partial charge in [-0.1, -0.05) is 32.6 Å². The highest BCUT2D eigenvalue weighted by Gasteiger charge is 2.25.